The Kier molecular flexibility index (Phi) is 4.49. The van der Waals surface area contributed by atoms with Crippen LogP contribution >= 0.6 is 0 Å². The van der Waals surface area contributed by atoms with Gasteiger partial charge >= 0.3 is 0 Å². The number of nitrogens with two attached hydrogens (primary N) is 1. The second-order valence-corrected chi connectivity index (χ2v) is 6.12. The average molecular weight is 326 g/mol. The van der Waals surface area contributed by atoms with Crippen molar-refractivity contribution < 1.29 is 8.78 Å². The normalized spacial score (nSPS) is 12.7. The number of anilines is 1. The van der Waals surface area contributed by atoms with Gasteiger partial charge in [-0.3, -0.25) is 4.90 Å². The van der Waals surface area contributed by atoms with E-state index in [4.69, 9.17) is 5.73 Å². The Morgan fingerprint density at radius 3 is 2.33 bits per heavy atom. The van der Waals surface area contributed by atoms with Crippen molar-refractivity contribution in [3.63, 3.8) is 0 Å². The molecular weight excluding hydrogens is 306 g/mol. The van der Waals surface area contributed by atoms with E-state index in [1.165, 1.54) is 0 Å². The van der Waals surface area contributed by atoms with Gasteiger partial charge in [0.2, 0.25) is 0 Å². The fraction of sp³-hybridized carbons (Fsp3) is 0.200. The number of hydrogen-bond acceptors (Lipinski definition) is 2. The highest BCUT2D eigenvalue weighted by molar-refractivity contribution is 5.86. The molecule has 3 aromatic rings. The van der Waals surface area contributed by atoms with Crippen LogP contribution < -0.4 is 5.73 Å². The minimum Gasteiger partial charge on any atom is -0.399 e. The third-order valence-corrected chi connectivity index (χ3v) is 4.51. The molecule has 0 radical (unpaired) electrons. The molecule has 3 aromatic carbocycles. The summed E-state index contributed by atoms with van der Waals surface area (Å²) < 4.78 is 28.1. The fourth-order valence-corrected chi connectivity index (χ4v) is 3.01. The Hall–Kier alpha value is -2.46. The number of benzene rings is 3. The maximum atomic E-state index is 14.0. The zero-order valence-electron chi connectivity index (χ0n) is 13.8. The lowest BCUT2D eigenvalue weighted by Crippen LogP contribution is -2.23. The minimum atomic E-state index is -0.607. The van der Waals surface area contributed by atoms with Crippen LogP contribution in [0.2, 0.25) is 0 Å². The molecule has 0 unspecified atom stereocenters. The molecule has 2 nitrogen and oxygen atoms in total. The Balaban J connectivity index is 1.91. The van der Waals surface area contributed by atoms with Crippen LogP contribution in [0.15, 0.2) is 54.6 Å². The van der Waals surface area contributed by atoms with E-state index in [1.54, 1.807) is 0 Å². The van der Waals surface area contributed by atoms with E-state index in [-0.39, 0.29) is 23.8 Å². The van der Waals surface area contributed by atoms with E-state index in [1.807, 2.05) is 37.1 Å². The average Bonchev–Trinajstić information content (AvgIpc) is 2.56. The van der Waals surface area contributed by atoms with Crippen LogP contribution in [0.3, 0.4) is 0 Å². The lowest BCUT2D eigenvalue weighted by atomic mass is 9.98. The Labute approximate surface area is 140 Å². The molecular formula is C20H20F2N2. The zero-order chi connectivity index (χ0) is 17.3. The summed E-state index contributed by atoms with van der Waals surface area (Å²) in [7, 11) is 1.86. The first-order valence-corrected chi connectivity index (χ1v) is 7.88. The summed E-state index contributed by atoms with van der Waals surface area (Å²) in [5, 5.41) is 2.30. The van der Waals surface area contributed by atoms with Gasteiger partial charge in [0.25, 0.3) is 0 Å². The molecule has 0 bridgehead atoms. The van der Waals surface area contributed by atoms with Gasteiger partial charge in [0.15, 0.2) is 0 Å². The Morgan fingerprint density at radius 2 is 1.62 bits per heavy atom. The second-order valence-electron chi connectivity index (χ2n) is 6.12. The highest BCUT2D eigenvalue weighted by Gasteiger charge is 2.18. The summed E-state index contributed by atoms with van der Waals surface area (Å²) in [5.74, 6) is -1.21. The predicted molar refractivity (Wildman–Crippen MR) is 94.6 cm³/mol. The molecule has 0 aliphatic heterocycles. The standard InChI is InChI=1S/C20H20F2N2/c1-13(16-9-5-7-14-6-3-4-8-17(14)16)24(2)12-18-19(21)10-15(23)11-20(18)22/h3-11,13H,12,23H2,1-2H3/t13-/m1/s1. The summed E-state index contributed by atoms with van der Waals surface area (Å²) >= 11 is 0. The molecule has 0 aromatic heterocycles. The van der Waals surface area contributed by atoms with Crippen LogP contribution in [0.4, 0.5) is 14.5 Å². The quantitative estimate of drug-likeness (QED) is 0.691. The van der Waals surface area contributed by atoms with E-state index < -0.39 is 11.6 Å². The number of halogens is 2. The van der Waals surface area contributed by atoms with E-state index >= 15 is 0 Å². The SMILES string of the molecule is C[C@H](c1cccc2ccccc12)N(C)Cc1c(F)cc(N)cc1F. The molecule has 0 fully saturated rings. The molecule has 0 saturated carbocycles. The molecule has 0 spiro atoms. The van der Waals surface area contributed by atoms with Crippen LogP contribution in [-0.4, -0.2) is 11.9 Å². The highest BCUT2D eigenvalue weighted by Crippen LogP contribution is 2.29. The maximum Gasteiger partial charge on any atom is 0.132 e. The molecule has 0 saturated heterocycles. The number of nitrogen functional groups attached to an aromatic ring is 1. The topological polar surface area (TPSA) is 29.3 Å². The van der Waals surface area contributed by atoms with Crippen molar-refractivity contribution in [2.45, 2.75) is 19.5 Å². The number of rotatable bonds is 4. The van der Waals surface area contributed by atoms with Crippen molar-refractivity contribution in [1.29, 1.82) is 0 Å². The monoisotopic (exact) mass is 326 g/mol. The van der Waals surface area contributed by atoms with E-state index in [9.17, 15) is 8.78 Å². The van der Waals surface area contributed by atoms with Gasteiger partial charge in [-0.2, -0.15) is 0 Å². The highest BCUT2D eigenvalue weighted by atomic mass is 19.1. The van der Waals surface area contributed by atoms with Gasteiger partial charge in [0, 0.05) is 23.8 Å². The van der Waals surface area contributed by atoms with Crippen LogP contribution in [-0.2, 0) is 6.54 Å². The van der Waals surface area contributed by atoms with Crippen LogP contribution in [0.25, 0.3) is 10.8 Å². The second kappa shape index (κ2) is 6.57. The molecule has 3 rings (SSSR count). The third kappa shape index (κ3) is 3.10. The smallest absolute Gasteiger partial charge is 0.132 e. The van der Waals surface area contributed by atoms with Gasteiger partial charge in [-0.15, -0.1) is 0 Å². The molecule has 2 N–H and O–H groups in total. The van der Waals surface area contributed by atoms with Crippen molar-refractivity contribution in [1.82, 2.24) is 4.90 Å². The molecule has 24 heavy (non-hydrogen) atoms. The molecule has 1 atom stereocenters. The predicted octanol–water partition coefficient (Wildman–Crippen LogP) is 4.89. The number of fused-ring (bicyclic) bond motifs is 1. The first-order valence-electron chi connectivity index (χ1n) is 7.88. The molecule has 4 heteroatoms. The van der Waals surface area contributed by atoms with E-state index in [0.717, 1.165) is 28.5 Å². The van der Waals surface area contributed by atoms with Crippen LogP contribution in [0, 0.1) is 11.6 Å². The summed E-state index contributed by atoms with van der Waals surface area (Å²) in [6.07, 6.45) is 0. The molecule has 124 valence electrons. The summed E-state index contributed by atoms with van der Waals surface area (Å²) in [6, 6.07) is 16.6. The van der Waals surface area contributed by atoms with Crippen molar-refractivity contribution in [2.75, 3.05) is 12.8 Å². The Morgan fingerprint density at radius 1 is 1.00 bits per heavy atom. The minimum absolute atomic E-state index is 0.00690. The van der Waals surface area contributed by atoms with Crippen LogP contribution in [0.1, 0.15) is 24.1 Å². The van der Waals surface area contributed by atoms with Crippen molar-refractivity contribution >= 4 is 16.5 Å². The first-order chi connectivity index (χ1) is 11.5. The summed E-state index contributed by atoms with van der Waals surface area (Å²) in [5.41, 5.74) is 6.75. The first kappa shape index (κ1) is 16.4. The zero-order valence-corrected chi connectivity index (χ0v) is 13.8. The van der Waals surface area contributed by atoms with E-state index in [2.05, 4.69) is 24.3 Å². The van der Waals surface area contributed by atoms with Crippen LogP contribution in [0.5, 0.6) is 0 Å². The largest absolute Gasteiger partial charge is 0.399 e. The molecule has 0 heterocycles. The van der Waals surface area contributed by atoms with Gasteiger partial charge in [0.05, 0.1) is 0 Å². The van der Waals surface area contributed by atoms with Gasteiger partial charge < -0.3 is 5.73 Å². The fourth-order valence-electron chi connectivity index (χ4n) is 3.01. The maximum absolute atomic E-state index is 14.0. The summed E-state index contributed by atoms with van der Waals surface area (Å²) in [6.45, 7) is 2.21. The third-order valence-electron chi connectivity index (χ3n) is 4.51. The summed E-state index contributed by atoms with van der Waals surface area (Å²) in [4.78, 5) is 1.93. The lowest BCUT2D eigenvalue weighted by molar-refractivity contribution is 0.247. The number of hydrogen-bond donors (Lipinski definition) is 1. The van der Waals surface area contributed by atoms with Gasteiger partial charge in [-0.25, -0.2) is 8.78 Å². The number of nitrogens with zero attached hydrogens (tertiary/aromatic N) is 1. The molecule has 0 aliphatic rings. The van der Waals surface area contributed by atoms with Crippen molar-refractivity contribution in [3.05, 3.63) is 77.4 Å². The Bertz CT molecular complexity index is 848. The molecule has 0 aliphatic carbocycles. The lowest BCUT2D eigenvalue weighted by Gasteiger charge is -2.26. The van der Waals surface area contributed by atoms with Gasteiger partial charge in [0.1, 0.15) is 11.6 Å². The van der Waals surface area contributed by atoms with E-state index in [0.29, 0.717) is 0 Å². The van der Waals surface area contributed by atoms with Crippen molar-refractivity contribution in [2.24, 2.45) is 0 Å². The van der Waals surface area contributed by atoms with Gasteiger partial charge in [-0.1, -0.05) is 42.5 Å². The van der Waals surface area contributed by atoms with Crippen molar-refractivity contribution in [3.8, 4) is 0 Å². The van der Waals surface area contributed by atoms with Gasteiger partial charge in [-0.05, 0) is 42.4 Å². The molecule has 0 amide bonds.